The van der Waals surface area contributed by atoms with Crippen molar-refractivity contribution in [2.24, 2.45) is 0 Å². The maximum absolute atomic E-state index is 10.4. The summed E-state index contributed by atoms with van der Waals surface area (Å²) in [6, 6.07) is 0. The van der Waals surface area contributed by atoms with Crippen molar-refractivity contribution in [2.75, 3.05) is 6.61 Å². The first-order valence-electron chi connectivity index (χ1n) is 14.7. The Morgan fingerprint density at radius 1 is 0.485 bits per heavy atom. The smallest absolute Gasteiger partial charge is 0.265 e. The molecular weight excluding hydrogens is 431 g/mol. The highest BCUT2D eigenvalue weighted by Gasteiger charge is 2.00. The number of phosphoric ester groups is 1. The third kappa shape index (κ3) is 32.1. The standard InChI is InChI=1S/C28H59O4P/c1-2-3-4-5-6-7-8-9-10-11-12-13-14-15-16-17-18-19-20-21-22-23-24-25-26-27-28-32-33(29,30)31/h2-28H2,1H3,(H2,29,30,31)/p-1. The highest BCUT2D eigenvalue weighted by Crippen LogP contribution is 2.30. The molecule has 0 aliphatic heterocycles. The SMILES string of the molecule is CCCCCCCCCCCCCCCCCCCCCCCCCCCCOP(=O)([O-])O. The van der Waals surface area contributed by atoms with Gasteiger partial charge >= 0.3 is 0 Å². The lowest BCUT2D eigenvalue weighted by Crippen LogP contribution is -2.04. The van der Waals surface area contributed by atoms with Crippen molar-refractivity contribution in [3.63, 3.8) is 0 Å². The van der Waals surface area contributed by atoms with Crippen LogP contribution in [0.4, 0.5) is 0 Å². The number of unbranched alkanes of at least 4 members (excludes halogenated alkanes) is 25. The summed E-state index contributed by atoms with van der Waals surface area (Å²) in [5.74, 6) is 0. The molecule has 1 N–H and O–H groups in total. The summed E-state index contributed by atoms with van der Waals surface area (Å²) in [6.45, 7) is 2.40. The first-order chi connectivity index (χ1) is 16.1. The van der Waals surface area contributed by atoms with Gasteiger partial charge in [0.05, 0.1) is 6.61 Å². The Morgan fingerprint density at radius 3 is 0.909 bits per heavy atom. The third-order valence-electron chi connectivity index (χ3n) is 6.75. The van der Waals surface area contributed by atoms with Gasteiger partial charge in [0.15, 0.2) is 0 Å². The summed E-state index contributed by atoms with van der Waals surface area (Å²) in [7, 11) is -4.52. The molecule has 200 valence electrons. The van der Waals surface area contributed by atoms with Crippen LogP contribution in [0.25, 0.3) is 0 Å². The minimum Gasteiger partial charge on any atom is -0.756 e. The van der Waals surface area contributed by atoms with Crippen molar-refractivity contribution in [3.05, 3.63) is 0 Å². The van der Waals surface area contributed by atoms with E-state index in [0.29, 0.717) is 6.42 Å². The fraction of sp³-hybridized carbons (Fsp3) is 1.00. The van der Waals surface area contributed by atoms with Gasteiger partial charge in [-0.1, -0.05) is 167 Å². The number of hydrogen-bond acceptors (Lipinski definition) is 3. The molecule has 0 heterocycles. The second-order valence-electron chi connectivity index (χ2n) is 10.1. The summed E-state index contributed by atoms with van der Waals surface area (Å²) in [5.41, 5.74) is 0. The summed E-state index contributed by atoms with van der Waals surface area (Å²) in [4.78, 5) is 18.9. The van der Waals surface area contributed by atoms with Gasteiger partial charge in [-0.2, -0.15) is 0 Å². The van der Waals surface area contributed by atoms with E-state index in [1.807, 2.05) is 0 Å². The van der Waals surface area contributed by atoms with Crippen LogP contribution in [0.3, 0.4) is 0 Å². The van der Waals surface area contributed by atoms with Gasteiger partial charge in [-0.05, 0) is 6.42 Å². The lowest BCUT2D eigenvalue weighted by molar-refractivity contribution is -0.219. The summed E-state index contributed by atoms with van der Waals surface area (Å²) in [5, 5.41) is 0. The Balaban J connectivity index is 3.03. The molecule has 4 nitrogen and oxygen atoms in total. The van der Waals surface area contributed by atoms with Crippen LogP contribution in [0.15, 0.2) is 0 Å². The maximum Gasteiger partial charge on any atom is 0.265 e. The van der Waals surface area contributed by atoms with Crippen molar-refractivity contribution in [3.8, 4) is 0 Å². The van der Waals surface area contributed by atoms with Crippen molar-refractivity contribution < 1.29 is 18.9 Å². The zero-order chi connectivity index (χ0) is 24.3. The molecule has 0 aromatic heterocycles. The Labute approximate surface area is 207 Å². The second-order valence-corrected chi connectivity index (χ2v) is 11.3. The van der Waals surface area contributed by atoms with E-state index in [1.165, 1.54) is 148 Å². The molecule has 0 saturated heterocycles. The predicted molar refractivity (Wildman–Crippen MR) is 141 cm³/mol. The largest absolute Gasteiger partial charge is 0.756 e. The molecule has 0 fully saturated rings. The van der Waals surface area contributed by atoms with E-state index in [9.17, 15) is 9.46 Å². The number of phosphoric acid groups is 1. The third-order valence-corrected chi connectivity index (χ3v) is 7.26. The van der Waals surface area contributed by atoms with Crippen LogP contribution in [0.5, 0.6) is 0 Å². The number of hydrogen-bond donors (Lipinski definition) is 1. The van der Waals surface area contributed by atoms with E-state index in [2.05, 4.69) is 11.4 Å². The van der Waals surface area contributed by atoms with E-state index in [4.69, 9.17) is 4.89 Å². The number of rotatable bonds is 28. The summed E-state index contributed by atoms with van der Waals surface area (Å²) >= 11 is 0. The van der Waals surface area contributed by atoms with E-state index in [-0.39, 0.29) is 6.61 Å². The molecule has 1 atom stereocenters. The summed E-state index contributed by atoms with van der Waals surface area (Å²) < 4.78 is 14.8. The fourth-order valence-corrected chi connectivity index (χ4v) is 4.96. The minimum atomic E-state index is -4.52. The van der Waals surface area contributed by atoms with E-state index in [1.54, 1.807) is 0 Å². The molecule has 0 saturated carbocycles. The minimum absolute atomic E-state index is 0.108. The zero-order valence-electron chi connectivity index (χ0n) is 22.2. The van der Waals surface area contributed by atoms with Crippen LogP contribution >= 0.6 is 7.82 Å². The van der Waals surface area contributed by atoms with Gasteiger partial charge in [0.1, 0.15) is 0 Å². The van der Waals surface area contributed by atoms with Gasteiger partial charge in [-0.15, -0.1) is 0 Å². The molecule has 0 amide bonds. The molecule has 0 aromatic rings. The van der Waals surface area contributed by atoms with Gasteiger partial charge in [0.2, 0.25) is 0 Å². The van der Waals surface area contributed by atoms with E-state index in [0.717, 1.165) is 12.8 Å². The fourth-order valence-electron chi connectivity index (χ4n) is 4.60. The lowest BCUT2D eigenvalue weighted by Gasteiger charge is -2.14. The van der Waals surface area contributed by atoms with Crippen LogP contribution < -0.4 is 4.89 Å². The molecule has 0 aliphatic carbocycles. The van der Waals surface area contributed by atoms with Gasteiger partial charge in [-0.25, -0.2) is 0 Å². The van der Waals surface area contributed by atoms with Gasteiger partial charge in [0.25, 0.3) is 7.82 Å². The van der Waals surface area contributed by atoms with Gasteiger partial charge in [0, 0.05) is 0 Å². The average Bonchev–Trinajstić information content (AvgIpc) is 2.78. The highest BCUT2D eigenvalue weighted by atomic mass is 31.2. The van der Waals surface area contributed by atoms with Crippen molar-refractivity contribution >= 4 is 7.82 Å². The molecule has 5 heteroatoms. The molecule has 0 bridgehead atoms. The van der Waals surface area contributed by atoms with Crippen LogP contribution in [0.2, 0.25) is 0 Å². The van der Waals surface area contributed by atoms with E-state index >= 15 is 0 Å². The van der Waals surface area contributed by atoms with Crippen molar-refractivity contribution in [1.82, 2.24) is 0 Å². The molecule has 0 spiro atoms. The van der Waals surface area contributed by atoms with Crippen molar-refractivity contribution in [2.45, 2.75) is 174 Å². The highest BCUT2D eigenvalue weighted by molar-refractivity contribution is 7.44. The van der Waals surface area contributed by atoms with Crippen molar-refractivity contribution in [1.29, 1.82) is 0 Å². The molecule has 0 aromatic carbocycles. The van der Waals surface area contributed by atoms with E-state index < -0.39 is 7.82 Å². The molecule has 0 aliphatic rings. The lowest BCUT2D eigenvalue weighted by atomic mass is 10.0. The Morgan fingerprint density at radius 2 is 0.697 bits per heavy atom. The van der Waals surface area contributed by atoms with Crippen LogP contribution in [-0.2, 0) is 9.09 Å². The Bertz CT molecular complexity index is 411. The molecule has 1 unspecified atom stereocenters. The molecule has 0 radical (unpaired) electrons. The maximum atomic E-state index is 10.4. The van der Waals surface area contributed by atoms with Gasteiger partial charge in [-0.3, -0.25) is 4.57 Å². The first kappa shape index (κ1) is 33.1. The van der Waals surface area contributed by atoms with Crippen LogP contribution in [0, 0.1) is 0 Å². The first-order valence-corrected chi connectivity index (χ1v) is 16.2. The monoisotopic (exact) mass is 489 g/mol. The molecule has 33 heavy (non-hydrogen) atoms. The summed E-state index contributed by atoms with van der Waals surface area (Å²) in [6.07, 6.45) is 35.2. The average molecular weight is 490 g/mol. The second kappa shape index (κ2) is 26.7. The molecular formula is C28H58O4P-. The topological polar surface area (TPSA) is 69.6 Å². The van der Waals surface area contributed by atoms with Crippen LogP contribution in [-0.4, -0.2) is 11.5 Å². The molecule has 0 rings (SSSR count). The van der Waals surface area contributed by atoms with Gasteiger partial charge < -0.3 is 14.3 Å². The predicted octanol–water partition coefficient (Wildman–Crippen LogP) is 9.63. The Kier molecular flexibility index (Phi) is 26.8. The quantitative estimate of drug-likeness (QED) is 0.0877. The zero-order valence-corrected chi connectivity index (χ0v) is 23.1. The normalized spacial score (nSPS) is 13.4. The Hall–Kier alpha value is 0.110. The van der Waals surface area contributed by atoms with Crippen LogP contribution in [0.1, 0.15) is 174 Å².